The zero-order valence-corrected chi connectivity index (χ0v) is 11.0. The van der Waals surface area contributed by atoms with E-state index in [1.807, 2.05) is 0 Å². The normalized spacial score (nSPS) is 10.4. The molecule has 0 amide bonds. The number of benzene rings is 1. The second-order valence-electron chi connectivity index (χ2n) is 3.47. The molecule has 0 spiro atoms. The van der Waals surface area contributed by atoms with Crippen LogP contribution in [0, 0.1) is 11.6 Å². The maximum absolute atomic E-state index is 13.8. The van der Waals surface area contributed by atoms with Crippen LogP contribution >= 0.6 is 15.9 Å². The summed E-state index contributed by atoms with van der Waals surface area (Å²) in [7, 11) is 0. The number of ether oxygens (including phenoxy) is 1. The van der Waals surface area contributed by atoms with Crippen LogP contribution in [-0.2, 0) is 6.42 Å². The minimum absolute atomic E-state index is 0.166. The van der Waals surface area contributed by atoms with Crippen LogP contribution in [0.1, 0.15) is 12.6 Å². The predicted octanol–water partition coefficient (Wildman–Crippen LogP) is 3.87. The zero-order valence-electron chi connectivity index (χ0n) is 9.45. The number of rotatable bonds is 3. The Kier molecular flexibility index (Phi) is 3.86. The van der Waals surface area contributed by atoms with Crippen LogP contribution in [0.3, 0.4) is 0 Å². The van der Waals surface area contributed by atoms with Gasteiger partial charge in [0, 0.05) is 0 Å². The summed E-state index contributed by atoms with van der Waals surface area (Å²) in [5, 5.41) is 0. The molecule has 0 unspecified atom stereocenters. The molecule has 3 nitrogen and oxygen atoms in total. The van der Waals surface area contributed by atoms with E-state index in [1.165, 1.54) is 24.5 Å². The summed E-state index contributed by atoms with van der Waals surface area (Å²) in [5.41, 5.74) is 0.279. The molecule has 0 N–H and O–H groups in total. The van der Waals surface area contributed by atoms with E-state index >= 15 is 0 Å². The van der Waals surface area contributed by atoms with E-state index in [9.17, 15) is 8.78 Å². The van der Waals surface area contributed by atoms with Crippen molar-refractivity contribution in [3.8, 4) is 11.6 Å². The molecule has 0 fully saturated rings. The van der Waals surface area contributed by atoms with Gasteiger partial charge in [0.15, 0.2) is 0 Å². The molecule has 0 bridgehead atoms. The second-order valence-corrected chi connectivity index (χ2v) is 4.33. The van der Waals surface area contributed by atoms with E-state index in [0.29, 0.717) is 12.2 Å². The summed E-state index contributed by atoms with van der Waals surface area (Å²) in [6, 6.07) is 4.02. The van der Waals surface area contributed by atoms with Gasteiger partial charge in [-0.3, -0.25) is 0 Å². The highest BCUT2D eigenvalue weighted by molar-refractivity contribution is 9.10. The second kappa shape index (κ2) is 5.39. The quantitative estimate of drug-likeness (QED) is 0.862. The first-order valence-corrected chi connectivity index (χ1v) is 6.03. The highest BCUT2D eigenvalue weighted by Gasteiger charge is 2.12. The Morgan fingerprint density at radius 3 is 2.72 bits per heavy atom. The molecule has 0 radical (unpaired) electrons. The minimum Gasteiger partial charge on any atom is -0.436 e. The smallest absolute Gasteiger partial charge is 0.259 e. The van der Waals surface area contributed by atoms with Crippen molar-refractivity contribution in [3.63, 3.8) is 0 Å². The van der Waals surface area contributed by atoms with Gasteiger partial charge in [-0.2, -0.15) is 9.37 Å². The summed E-state index contributed by atoms with van der Waals surface area (Å²) >= 11 is 3.02. The topological polar surface area (TPSA) is 35.0 Å². The van der Waals surface area contributed by atoms with Crippen LogP contribution in [0.15, 0.2) is 29.0 Å². The van der Waals surface area contributed by atoms with Crippen LogP contribution in [-0.4, -0.2) is 9.97 Å². The largest absolute Gasteiger partial charge is 0.436 e. The van der Waals surface area contributed by atoms with Crippen molar-refractivity contribution in [1.29, 1.82) is 0 Å². The summed E-state index contributed by atoms with van der Waals surface area (Å²) < 4.78 is 32.3. The Bertz CT molecular complexity index is 578. The van der Waals surface area contributed by atoms with E-state index in [2.05, 4.69) is 25.9 Å². The van der Waals surface area contributed by atoms with Crippen molar-refractivity contribution in [3.05, 3.63) is 46.3 Å². The predicted molar refractivity (Wildman–Crippen MR) is 65.5 cm³/mol. The summed E-state index contributed by atoms with van der Waals surface area (Å²) in [4.78, 5) is 7.51. The summed E-state index contributed by atoms with van der Waals surface area (Å²) in [6.07, 6.45) is 1.67. The molecule has 0 aliphatic heterocycles. The monoisotopic (exact) mass is 314 g/mol. The molecule has 0 aliphatic carbocycles. The molecular weight excluding hydrogens is 306 g/mol. The molecular formula is C12H9BrF2N2O. The van der Waals surface area contributed by atoms with E-state index in [-0.39, 0.29) is 16.0 Å². The van der Waals surface area contributed by atoms with Crippen LogP contribution in [0.5, 0.6) is 11.6 Å². The van der Waals surface area contributed by atoms with Crippen molar-refractivity contribution in [2.24, 2.45) is 0 Å². The van der Waals surface area contributed by atoms with Gasteiger partial charge in [0.2, 0.25) is 5.82 Å². The van der Waals surface area contributed by atoms with Crippen molar-refractivity contribution >= 4 is 15.9 Å². The van der Waals surface area contributed by atoms with E-state index in [4.69, 9.17) is 4.74 Å². The van der Waals surface area contributed by atoms with Gasteiger partial charge in [0.1, 0.15) is 17.9 Å². The number of aryl methyl sites for hydroxylation is 1. The number of aromatic nitrogens is 2. The number of hydrogen-bond acceptors (Lipinski definition) is 3. The zero-order chi connectivity index (χ0) is 13.1. The number of nitrogens with zero attached hydrogens (tertiary/aromatic N) is 2. The van der Waals surface area contributed by atoms with Crippen LogP contribution in [0.25, 0.3) is 0 Å². The average molecular weight is 315 g/mol. The average Bonchev–Trinajstić information content (AvgIpc) is 2.36. The van der Waals surface area contributed by atoms with Crippen LogP contribution in [0.4, 0.5) is 8.78 Å². The van der Waals surface area contributed by atoms with E-state index in [1.54, 1.807) is 6.92 Å². The SMILES string of the molecule is CCc1ncnc(Oc2ccc(F)c(Br)c2)c1F. The standard InChI is InChI=1S/C12H9BrF2N2O/c1-2-10-11(15)12(17-6-16-10)18-7-3-4-9(14)8(13)5-7/h3-6H,2H2,1H3. The first-order valence-electron chi connectivity index (χ1n) is 5.24. The number of hydrogen-bond donors (Lipinski definition) is 0. The van der Waals surface area contributed by atoms with E-state index in [0.717, 1.165) is 0 Å². The number of halogens is 3. The molecule has 18 heavy (non-hydrogen) atoms. The van der Waals surface area contributed by atoms with E-state index < -0.39 is 11.6 Å². The van der Waals surface area contributed by atoms with Crippen molar-refractivity contribution < 1.29 is 13.5 Å². The molecule has 0 aliphatic rings. The third-order valence-electron chi connectivity index (χ3n) is 2.27. The van der Waals surface area contributed by atoms with Gasteiger partial charge < -0.3 is 4.74 Å². The van der Waals surface area contributed by atoms with Crippen LogP contribution in [0.2, 0.25) is 0 Å². The van der Waals surface area contributed by atoms with Gasteiger partial charge in [-0.1, -0.05) is 6.92 Å². The highest BCUT2D eigenvalue weighted by atomic mass is 79.9. The third-order valence-corrected chi connectivity index (χ3v) is 2.88. The van der Waals surface area contributed by atoms with Gasteiger partial charge >= 0.3 is 0 Å². The molecule has 2 aromatic rings. The van der Waals surface area contributed by atoms with Gasteiger partial charge in [0.25, 0.3) is 5.88 Å². The molecule has 1 heterocycles. The lowest BCUT2D eigenvalue weighted by Crippen LogP contribution is -1.99. The van der Waals surface area contributed by atoms with Crippen molar-refractivity contribution in [2.75, 3.05) is 0 Å². The first-order chi connectivity index (χ1) is 8.61. The third kappa shape index (κ3) is 2.64. The molecule has 0 saturated carbocycles. The van der Waals surface area contributed by atoms with Crippen molar-refractivity contribution in [2.45, 2.75) is 13.3 Å². The maximum atomic E-state index is 13.8. The molecule has 1 aromatic heterocycles. The van der Waals surface area contributed by atoms with Gasteiger partial charge in [-0.05, 0) is 40.5 Å². The Labute approximate surface area is 111 Å². The lowest BCUT2D eigenvalue weighted by molar-refractivity contribution is 0.414. The molecule has 6 heteroatoms. The molecule has 0 saturated heterocycles. The molecule has 1 aromatic carbocycles. The molecule has 94 valence electrons. The first kappa shape index (κ1) is 12.9. The highest BCUT2D eigenvalue weighted by Crippen LogP contribution is 2.27. The minimum atomic E-state index is -0.597. The summed E-state index contributed by atoms with van der Waals surface area (Å²) in [6.45, 7) is 1.78. The fourth-order valence-electron chi connectivity index (χ4n) is 1.36. The Morgan fingerprint density at radius 2 is 2.06 bits per heavy atom. The summed E-state index contributed by atoms with van der Waals surface area (Å²) in [5.74, 6) is -0.886. The van der Waals surface area contributed by atoms with Gasteiger partial charge in [-0.25, -0.2) is 9.37 Å². The van der Waals surface area contributed by atoms with Crippen LogP contribution < -0.4 is 4.74 Å². The molecule has 0 atom stereocenters. The van der Waals surface area contributed by atoms with Crippen molar-refractivity contribution in [1.82, 2.24) is 9.97 Å². The lowest BCUT2D eigenvalue weighted by Gasteiger charge is -2.07. The fourth-order valence-corrected chi connectivity index (χ4v) is 1.72. The van der Waals surface area contributed by atoms with Gasteiger partial charge in [-0.15, -0.1) is 0 Å². The Morgan fingerprint density at radius 1 is 1.28 bits per heavy atom. The molecule has 2 rings (SSSR count). The fraction of sp³-hybridized carbons (Fsp3) is 0.167. The Hall–Kier alpha value is -1.56. The van der Waals surface area contributed by atoms with Gasteiger partial charge in [0.05, 0.1) is 10.2 Å². The lowest BCUT2D eigenvalue weighted by atomic mass is 10.3. The maximum Gasteiger partial charge on any atom is 0.259 e. The Balaban J connectivity index is 2.31.